The number of aromatic nitrogens is 1. The van der Waals surface area contributed by atoms with E-state index in [2.05, 4.69) is 4.98 Å². The molecule has 0 saturated carbocycles. The second-order valence-electron chi connectivity index (χ2n) is 12.0. The van der Waals surface area contributed by atoms with Gasteiger partial charge in [-0.2, -0.15) is 18.2 Å². The number of hydrogen-bond donors (Lipinski definition) is 1. The number of carbonyl (C=O) groups excluding carboxylic acids is 4. The van der Waals surface area contributed by atoms with Crippen molar-refractivity contribution in [1.29, 1.82) is 0 Å². The molecule has 0 spiro atoms. The van der Waals surface area contributed by atoms with Gasteiger partial charge in [0.05, 0.1) is 16.9 Å². The molecule has 1 N–H and O–H groups in total. The Hall–Kier alpha value is -4.77. The van der Waals surface area contributed by atoms with Crippen molar-refractivity contribution in [3.8, 4) is 5.75 Å². The van der Waals surface area contributed by atoms with E-state index in [1.807, 2.05) is 18.2 Å². The third-order valence-electron chi connectivity index (χ3n) is 9.51. The number of aromatic hydroxyl groups is 1. The molecule has 0 bridgehead atoms. The molecule has 12 heteroatoms. The molecule has 4 aliphatic rings. The van der Waals surface area contributed by atoms with Gasteiger partial charge in [0.2, 0.25) is 0 Å². The molecule has 1 fully saturated rings. The van der Waals surface area contributed by atoms with E-state index in [0.29, 0.717) is 22.6 Å². The van der Waals surface area contributed by atoms with Gasteiger partial charge in [-0.15, -0.1) is 0 Å². The number of nitrogens with zero attached hydrogens (tertiary/aromatic N) is 3. The molecular formula is C34H25ClF3N3O5. The summed E-state index contributed by atoms with van der Waals surface area (Å²) in [7, 11) is 1.24. The summed E-state index contributed by atoms with van der Waals surface area (Å²) in [5.41, 5.74) is 0.465. The standard InChI is InChI=1S/C34H25ClF3N3O5/c1-15-13-24(42)28-22(29(15)43)14-21-18(26(28)19-8-7-16-5-3-4-6-17(16)30(19)44)9-10-20-27(21)33(46)41(32(20)45)40(2)31-23(35)11-12-25(39-31)34(36,37)38/h3-9,11-13,20-21,26-27,44H,10,14H2,1-2H3. The van der Waals surface area contributed by atoms with E-state index in [-0.39, 0.29) is 51.9 Å². The highest BCUT2D eigenvalue weighted by Gasteiger charge is 2.58. The van der Waals surface area contributed by atoms with Crippen molar-refractivity contribution in [2.24, 2.45) is 17.8 Å². The van der Waals surface area contributed by atoms with Crippen molar-refractivity contribution in [3.05, 3.63) is 99.3 Å². The monoisotopic (exact) mass is 647 g/mol. The maximum absolute atomic E-state index is 14.2. The average Bonchev–Trinajstić information content (AvgIpc) is 3.28. The number of benzene rings is 2. The van der Waals surface area contributed by atoms with Crippen molar-refractivity contribution >= 4 is 51.6 Å². The van der Waals surface area contributed by atoms with Gasteiger partial charge in [0.15, 0.2) is 17.4 Å². The zero-order valence-electron chi connectivity index (χ0n) is 24.4. The number of ketones is 2. The summed E-state index contributed by atoms with van der Waals surface area (Å²) in [5, 5.41) is 14.3. The second kappa shape index (κ2) is 10.4. The zero-order chi connectivity index (χ0) is 32.8. The number of phenolic OH excluding ortho intramolecular Hbond substituents is 1. The molecule has 1 aliphatic heterocycles. The first-order valence-electron chi connectivity index (χ1n) is 14.6. The van der Waals surface area contributed by atoms with Gasteiger partial charge < -0.3 is 5.11 Å². The molecule has 234 valence electrons. The average molecular weight is 648 g/mol. The molecule has 2 aromatic carbocycles. The lowest BCUT2D eigenvalue weighted by Crippen LogP contribution is -2.46. The van der Waals surface area contributed by atoms with E-state index in [1.54, 1.807) is 24.3 Å². The molecule has 1 saturated heterocycles. The number of rotatable bonds is 3. The van der Waals surface area contributed by atoms with Gasteiger partial charge >= 0.3 is 6.18 Å². The van der Waals surface area contributed by atoms with E-state index >= 15 is 0 Å². The predicted octanol–water partition coefficient (Wildman–Crippen LogP) is 6.09. The highest BCUT2D eigenvalue weighted by atomic mass is 35.5. The lowest BCUT2D eigenvalue weighted by molar-refractivity contribution is -0.141. The van der Waals surface area contributed by atoms with Crippen LogP contribution in [0.15, 0.2) is 83.0 Å². The van der Waals surface area contributed by atoms with Crippen molar-refractivity contribution in [2.75, 3.05) is 12.1 Å². The quantitative estimate of drug-likeness (QED) is 0.208. The second-order valence-corrected chi connectivity index (χ2v) is 12.4. The molecule has 3 aromatic rings. The van der Waals surface area contributed by atoms with Crippen LogP contribution in [0.4, 0.5) is 19.0 Å². The van der Waals surface area contributed by atoms with Crippen LogP contribution in [0.25, 0.3) is 10.8 Å². The minimum atomic E-state index is -4.79. The normalized spacial score (nSPS) is 24.5. The summed E-state index contributed by atoms with van der Waals surface area (Å²) in [6.07, 6.45) is -1.62. The van der Waals surface area contributed by atoms with Crippen molar-refractivity contribution in [2.45, 2.75) is 31.9 Å². The van der Waals surface area contributed by atoms with Gasteiger partial charge in [0.1, 0.15) is 11.4 Å². The van der Waals surface area contributed by atoms with Crippen LogP contribution in [0.3, 0.4) is 0 Å². The first-order valence-corrected chi connectivity index (χ1v) is 14.9. The number of halogens is 4. The Morgan fingerprint density at radius 2 is 1.74 bits per heavy atom. The maximum atomic E-state index is 14.2. The van der Waals surface area contributed by atoms with E-state index in [1.165, 1.54) is 20.0 Å². The first-order chi connectivity index (χ1) is 21.8. The molecule has 1 aromatic heterocycles. The van der Waals surface area contributed by atoms with Crippen LogP contribution < -0.4 is 5.01 Å². The highest BCUT2D eigenvalue weighted by Crippen LogP contribution is 2.56. The Balaban J connectivity index is 1.34. The van der Waals surface area contributed by atoms with Gasteiger partial charge in [-0.3, -0.25) is 24.2 Å². The molecule has 3 aliphatic carbocycles. The van der Waals surface area contributed by atoms with Crippen LogP contribution in [0.2, 0.25) is 5.02 Å². The smallest absolute Gasteiger partial charge is 0.433 e. The fraction of sp³-hybridized carbons (Fsp3) is 0.265. The Morgan fingerprint density at radius 1 is 1.00 bits per heavy atom. The van der Waals surface area contributed by atoms with Crippen LogP contribution in [-0.4, -0.2) is 45.5 Å². The fourth-order valence-corrected chi connectivity index (χ4v) is 7.66. The summed E-state index contributed by atoms with van der Waals surface area (Å²) in [4.78, 5) is 58.7. The molecule has 46 heavy (non-hydrogen) atoms. The van der Waals surface area contributed by atoms with Crippen LogP contribution in [0, 0.1) is 17.8 Å². The SMILES string of the molecule is CC1=CC(=O)C2=C(CC3C(=CCC4C(=O)N(N(C)c5nc(C(F)(F)F)ccc5Cl)C(=O)C43)C2c2ccc3ccccc3c2O)C1=O. The van der Waals surface area contributed by atoms with Gasteiger partial charge in [-0.25, -0.2) is 4.98 Å². The number of amides is 2. The van der Waals surface area contributed by atoms with Crippen molar-refractivity contribution in [1.82, 2.24) is 9.99 Å². The molecule has 8 nitrogen and oxygen atoms in total. The number of anilines is 1. The van der Waals surface area contributed by atoms with Crippen LogP contribution >= 0.6 is 11.6 Å². The minimum Gasteiger partial charge on any atom is -0.507 e. The third-order valence-corrected chi connectivity index (χ3v) is 9.80. The Bertz CT molecular complexity index is 2020. The van der Waals surface area contributed by atoms with E-state index in [4.69, 9.17) is 11.6 Å². The van der Waals surface area contributed by atoms with Gasteiger partial charge in [0, 0.05) is 40.6 Å². The molecule has 2 amide bonds. The predicted molar refractivity (Wildman–Crippen MR) is 161 cm³/mol. The molecule has 4 unspecified atom stereocenters. The number of alkyl halides is 3. The largest absolute Gasteiger partial charge is 0.507 e. The van der Waals surface area contributed by atoms with Gasteiger partial charge in [0.25, 0.3) is 11.8 Å². The maximum Gasteiger partial charge on any atom is 0.433 e. The minimum absolute atomic E-state index is 0.00205. The Labute approximate surface area is 265 Å². The van der Waals surface area contributed by atoms with E-state index in [0.717, 1.165) is 21.5 Å². The number of hydrogen-bond acceptors (Lipinski definition) is 7. The summed E-state index contributed by atoms with van der Waals surface area (Å²) in [5.74, 6) is -5.99. The lowest BCUT2D eigenvalue weighted by atomic mass is 9.59. The first kappa shape index (κ1) is 29.9. The molecule has 7 rings (SSSR count). The zero-order valence-corrected chi connectivity index (χ0v) is 25.2. The van der Waals surface area contributed by atoms with Crippen LogP contribution in [0.1, 0.15) is 36.9 Å². The van der Waals surface area contributed by atoms with E-state index in [9.17, 15) is 37.5 Å². The number of imide groups is 1. The number of allylic oxidation sites excluding steroid dienone is 6. The Morgan fingerprint density at radius 3 is 2.48 bits per heavy atom. The van der Waals surface area contributed by atoms with Crippen molar-refractivity contribution < 1.29 is 37.5 Å². The number of pyridine rings is 1. The lowest BCUT2D eigenvalue weighted by Gasteiger charge is -2.42. The summed E-state index contributed by atoms with van der Waals surface area (Å²) >= 11 is 6.21. The summed E-state index contributed by atoms with van der Waals surface area (Å²) in [6.45, 7) is 1.54. The topological polar surface area (TPSA) is 108 Å². The Kier molecular flexibility index (Phi) is 6.75. The fourth-order valence-electron chi connectivity index (χ4n) is 7.43. The van der Waals surface area contributed by atoms with Gasteiger partial charge in [-0.1, -0.05) is 59.6 Å². The molecule has 4 atom stereocenters. The molecule has 0 radical (unpaired) electrons. The summed E-state index contributed by atoms with van der Waals surface area (Å²) < 4.78 is 40.4. The number of carbonyl (C=O) groups is 4. The highest BCUT2D eigenvalue weighted by molar-refractivity contribution is 6.33. The summed E-state index contributed by atoms with van der Waals surface area (Å²) in [6, 6.07) is 12.4. The number of Topliss-reactive ketones (excluding diaryl/α,β-unsaturated/α-hetero) is 1. The van der Waals surface area contributed by atoms with Crippen LogP contribution in [0.5, 0.6) is 5.75 Å². The van der Waals surface area contributed by atoms with Crippen molar-refractivity contribution in [3.63, 3.8) is 0 Å². The third kappa shape index (κ3) is 4.32. The van der Waals surface area contributed by atoms with Gasteiger partial charge in [-0.05, 0) is 49.3 Å². The number of fused-ring (bicyclic) bond motifs is 4. The number of hydrazine groups is 1. The number of phenols is 1. The van der Waals surface area contributed by atoms with Crippen LogP contribution in [-0.2, 0) is 25.4 Å². The van der Waals surface area contributed by atoms with E-state index < -0.39 is 53.2 Å². The molecular weight excluding hydrogens is 623 g/mol. The molecule has 2 heterocycles.